The fourth-order valence-corrected chi connectivity index (χ4v) is 4.49. The summed E-state index contributed by atoms with van der Waals surface area (Å²) in [6.07, 6.45) is 0.646. The van der Waals surface area contributed by atoms with Gasteiger partial charge in [-0.05, 0) is 47.9 Å². The molecule has 3 aromatic rings. The normalized spacial score (nSPS) is 14.1. The van der Waals surface area contributed by atoms with Gasteiger partial charge in [0.1, 0.15) is 18.1 Å². The smallest absolute Gasteiger partial charge is 0.224 e. The Labute approximate surface area is 219 Å². The van der Waals surface area contributed by atoms with E-state index in [-0.39, 0.29) is 17.7 Å². The molecule has 4 rings (SSSR count). The Hall–Kier alpha value is -4.00. The largest absolute Gasteiger partial charge is 0.495 e. The monoisotopic (exact) mass is 501 g/mol. The maximum atomic E-state index is 12.9. The Bertz CT molecular complexity index is 1160. The predicted octanol–water partition coefficient (Wildman–Crippen LogP) is 4.98. The molecule has 1 saturated heterocycles. The highest BCUT2D eigenvalue weighted by Gasteiger charge is 2.24. The molecule has 1 atom stereocenters. The number of anilines is 2. The van der Waals surface area contributed by atoms with Crippen molar-refractivity contribution in [2.75, 3.05) is 43.5 Å². The molecule has 3 aromatic carbocycles. The van der Waals surface area contributed by atoms with E-state index in [0.717, 1.165) is 35.8 Å². The van der Waals surface area contributed by atoms with Crippen LogP contribution in [0.5, 0.6) is 11.5 Å². The first-order valence-electron chi connectivity index (χ1n) is 12.7. The van der Waals surface area contributed by atoms with Crippen LogP contribution in [0.4, 0.5) is 11.4 Å². The van der Waals surface area contributed by atoms with Crippen LogP contribution in [0.1, 0.15) is 25.3 Å². The molecule has 1 fully saturated rings. The number of benzene rings is 3. The SMILES string of the molecule is COc1ccccc1N1CCN(C(=O)CC(C)CC(=O)Nc2ccc(OCc3ccccc3)cc2)CC1. The molecule has 1 N–H and O–H groups in total. The molecule has 7 nitrogen and oxygen atoms in total. The van der Waals surface area contributed by atoms with E-state index in [0.29, 0.717) is 38.2 Å². The third-order valence-electron chi connectivity index (χ3n) is 6.50. The molecule has 0 aromatic heterocycles. The van der Waals surface area contributed by atoms with Gasteiger partial charge in [-0.3, -0.25) is 9.59 Å². The fraction of sp³-hybridized carbons (Fsp3) is 0.333. The van der Waals surface area contributed by atoms with Gasteiger partial charge in [0.05, 0.1) is 12.8 Å². The molecule has 0 bridgehead atoms. The summed E-state index contributed by atoms with van der Waals surface area (Å²) in [5, 5.41) is 2.92. The van der Waals surface area contributed by atoms with Crippen LogP contribution in [0.15, 0.2) is 78.9 Å². The Balaban J connectivity index is 1.18. The summed E-state index contributed by atoms with van der Waals surface area (Å²) < 4.78 is 11.3. The number of piperazine rings is 1. The van der Waals surface area contributed by atoms with Crippen molar-refractivity contribution in [1.82, 2.24) is 4.90 Å². The Kier molecular flexibility index (Phi) is 9.03. The van der Waals surface area contributed by atoms with Crippen LogP contribution in [0.2, 0.25) is 0 Å². The summed E-state index contributed by atoms with van der Waals surface area (Å²) >= 11 is 0. The maximum Gasteiger partial charge on any atom is 0.224 e. The van der Waals surface area contributed by atoms with Crippen LogP contribution in [-0.4, -0.2) is 50.0 Å². The Morgan fingerprint density at radius 3 is 2.24 bits per heavy atom. The summed E-state index contributed by atoms with van der Waals surface area (Å²) in [4.78, 5) is 29.5. The number of ether oxygens (including phenoxy) is 2. The van der Waals surface area contributed by atoms with Gasteiger partial charge in [0.15, 0.2) is 0 Å². The van der Waals surface area contributed by atoms with E-state index in [1.165, 1.54) is 0 Å². The number of hydrogen-bond donors (Lipinski definition) is 1. The van der Waals surface area contributed by atoms with Gasteiger partial charge in [-0.25, -0.2) is 0 Å². The predicted molar refractivity (Wildman–Crippen MR) is 146 cm³/mol. The lowest BCUT2D eigenvalue weighted by atomic mass is 10.0. The van der Waals surface area contributed by atoms with Gasteiger partial charge in [0.2, 0.25) is 11.8 Å². The number of carbonyl (C=O) groups is 2. The van der Waals surface area contributed by atoms with Crippen molar-refractivity contribution in [3.8, 4) is 11.5 Å². The standard InChI is InChI=1S/C30H35N3O4/c1-23(21-30(35)33-18-16-32(17-19-33)27-10-6-7-11-28(27)36-2)20-29(34)31-25-12-14-26(15-13-25)37-22-24-8-4-3-5-9-24/h3-15,23H,16-22H2,1-2H3,(H,31,34). The third-order valence-corrected chi connectivity index (χ3v) is 6.50. The summed E-state index contributed by atoms with van der Waals surface area (Å²) in [6, 6.07) is 25.3. The molecular weight excluding hydrogens is 466 g/mol. The van der Waals surface area contributed by atoms with E-state index < -0.39 is 0 Å². The molecule has 1 aliphatic heterocycles. The Morgan fingerprint density at radius 1 is 0.865 bits per heavy atom. The van der Waals surface area contributed by atoms with Crippen LogP contribution in [0, 0.1) is 5.92 Å². The molecule has 1 aliphatic rings. The fourth-order valence-electron chi connectivity index (χ4n) is 4.49. The molecule has 0 radical (unpaired) electrons. The second-order valence-electron chi connectivity index (χ2n) is 9.40. The van der Waals surface area contributed by atoms with Gasteiger partial charge < -0.3 is 24.6 Å². The minimum atomic E-state index is -0.0979. The molecule has 0 saturated carbocycles. The highest BCUT2D eigenvalue weighted by Crippen LogP contribution is 2.28. The lowest BCUT2D eigenvalue weighted by Gasteiger charge is -2.37. The quantitative estimate of drug-likeness (QED) is 0.424. The van der Waals surface area contributed by atoms with Crippen molar-refractivity contribution in [1.29, 1.82) is 0 Å². The highest BCUT2D eigenvalue weighted by molar-refractivity contribution is 5.91. The average molecular weight is 502 g/mol. The molecule has 194 valence electrons. The zero-order chi connectivity index (χ0) is 26.0. The number of carbonyl (C=O) groups excluding carboxylic acids is 2. The first-order valence-corrected chi connectivity index (χ1v) is 12.7. The molecular formula is C30H35N3O4. The lowest BCUT2D eigenvalue weighted by Crippen LogP contribution is -2.49. The van der Waals surface area contributed by atoms with Gasteiger partial charge in [-0.2, -0.15) is 0 Å². The van der Waals surface area contributed by atoms with E-state index >= 15 is 0 Å². The topological polar surface area (TPSA) is 71.1 Å². The summed E-state index contributed by atoms with van der Waals surface area (Å²) in [7, 11) is 1.67. The van der Waals surface area contributed by atoms with Crippen molar-refractivity contribution < 1.29 is 19.1 Å². The molecule has 37 heavy (non-hydrogen) atoms. The highest BCUT2D eigenvalue weighted by atomic mass is 16.5. The molecule has 1 heterocycles. The van der Waals surface area contributed by atoms with Crippen molar-refractivity contribution in [2.24, 2.45) is 5.92 Å². The van der Waals surface area contributed by atoms with Gasteiger partial charge in [-0.15, -0.1) is 0 Å². The minimum absolute atomic E-state index is 0.0479. The van der Waals surface area contributed by atoms with E-state index in [1.807, 2.05) is 90.7 Å². The van der Waals surface area contributed by atoms with Crippen LogP contribution in [-0.2, 0) is 16.2 Å². The zero-order valence-corrected chi connectivity index (χ0v) is 21.6. The molecule has 0 aliphatic carbocycles. The van der Waals surface area contributed by atoms with Crippen LogP contribution < -0.4 is 19.7 Å². The number of nitrogens with zero attached hydrogens (tertiary/aromatic N) is 2. The first-order chi connectivity index (χ1) is 18.0. The second kappa shape index (κ2) is 12.8. The summed E-state index contributed by atoms with van der Waals surface area (Å²) in [5.41, 5.74) is 2.86. The van der Waals surface area contributed by atoms with E-state index in [9.17, 15) is 9.59 Å². The first kappa shape index (κ1) is 26.1. The van der Waals surface area contributed by atoms with Crippen molar-refractivity contribution in [3.05, 3.63) is 84.4 Å². The Morgan fingerprint density at radius 2 is 1.54 bits per heavy atom. The van der Waals surface area contributed by atoms with Crippen molar-refractivity contribution >= 4 is 23.2 Å². The van der Waals surface area contributed by atoms with Crippen molar-refractivity contribution in [3.63, 3.8) is 0 Å². The number of hydrogen-bond acceptors (Lipinski definition) is 5. The van der Waals surface area contributed by atoms with E-state index in [2.05, 4.69) is 10.2 Å². The van der Waals surface area contributed by atoms with Gasteiger partial charge >= 0.3 is 0 Å². The van der Waals surface area contributed by atoms with Crippen LogP contribution >= 0.6 is 0 Å². The third kappa shape index (κ3) is 7.49. The molecule has 7 heteroatoms. The number of para-hydroxylation sites is 2. The zero-order valence-electron chi connectivity index (χ0n) is 21.6. The van der Waals surface area contributed by atoms with E-state index in [4.69, 9.17) is 9.47 Å². The van der Waals surface area contributed by atoms with Crippen LogP contribution in [0.25, 0.3) is 0 Å². The average Bonchev–Trinajstić information content (AvgIpc) is 2.93. The number of rotatable bonds is 10. The van der Waals surface area contributed by atoms with Gasteiger partial charge in [0, 0.05) is 44.7 Å². The van der Waals surface area contributed by atoms with E-state index in [1.54, 1.807) is 7.11 Å². The number of nitrogens with one attached hydrogen (secondary N) is 1. The minimum Gasteiger partial charge on any atom is -0.495 e. The summed E-state index contributed by atoms with van der Waals surface area (Å²) in [5.74, 6) is 1.54. The molecule has 1 unspecified atom stereocenters. The summed E-state index contributed by atoms with van der Waals surface area (Å²) in [6.45, 7) is 5.28. The molecule has 0 spiro atoms. The number of methoxy groups -OCH3 is 1. The van der Waals surface area contributed by atoms with Gasteiger partial charge in [-0.1, -0.05) is 49.4 Å². The molecule has 2 amide bonds. The van der Waals surface area contributed by atoms with Crippen molar-refractivity contribution in [2.45, 2.75) is 26.4 Å². The number of amides is 2. The lowest BCUT2D eigenvalue weighted by molar-refractivity contribution is -0.132. The van der Waals surface area contributed by atoms with Crippen LogP contribution in [0.3, 0.4) is 0 Å². The maximum absolute atomic E-state index is 12.9. The second-order valence-corrected chi connectivity index (χ2v) is 9.40. The van der Waals surface area contributed by atoms with Gasteiger partial charge in [0.25, 0.3) is 0 Å².